The van der Waals surface area contributed by atoms with E-state index in [1.165, 1.54) is 35.6 Å². The summed E-state index contributed by atoms with van der Waals surface area (Å²) >= 11 is 8.32. The maximum absolute atomic E-state index is 13.7. The maximum Gasteiger partial charge on any atom is 0.434 e. The van der Waals surface area contributed by atoms with Gasteiger partial charge in [-0.25, -0.2) is 4.68 Å². The maximum atomic E-state index is 13.7. The second-order valence-electron chi connectivity index (χ2n) is 5.67. The fourth-order valence-electron chi connectivity index (χ4n) is 2.51. The van der Waals surface area contributed by atoms with Gasteiger partial charge in [-0.3, -0.25) is 10.1 Å². The number of nitrogens with zero attached hydrogens (tertiary/aromatic N) is 4. The van der Waals surface area contributed by atoms with Gasteiger partial charge in [-0.1, -0.05) is 22.9 Å². The van der Waals surface area contributed by atoms with Crippen LogP contribution in [0.15, 0.2) is 47.3 Å². The number of hydrogen-bond donors (Lipinski definition) is 1. The Bertz CT molecular complexity index is 1150. The van der Waals surface area contributed by atoms with E-state index in [2.05, 4.69) is 20.6 Å². The fraction of sp³-hybridized carbons (Fsp3) is 0.0588. The lowest BCUT2D eigenvalue weighted by molar-refractivity contribution is -0.143. The van der Waals surface area contributed by atoms with Gasteiger partial charge < -0.3 is 0 Å². The number of hydrogen-bond acceptors (Lipinski definition) is 6. The van der Waals surface area contributed by atoms with Gasteiger partial charge in [0.25, 0.3) is 5.91 Å². The van der Waals surface area contributed by atoms with Gasteiger partial charge in [-0.2, -0.15) is 29.6 Å². The average Bonchev–Trinajstić information content (AvgIpc) is 3.41. The largest absolute Gasteiger partial charge is 0.434 e. The third-order valence-electron chi connectivity index (χ3n) is 3.77. The molecule has 3 heterocycles. The number of amides is 1. The molecule has 0 bridgehead atoms. The van der Waals surface area contributed by atoms with Crippen molar-refractivity contribution >= 4 is 45.3 Å². The van der Waals surface area contributed by atoms with Crippen LogP contribution in [-0.4, -0.2) is 25.9 Å². The highest BCUT2D eigenvalue weighted by molar-refractivity contribution is 7.19. The summed E-state index contributed by atoms with van der Waals surface area (Å²) in [6.07, 6.45) is -3.95. The van der Waals surface area contributed by atoms with Gasteiger partial charge in [0.1, 0.15) is 5.01 Å². The van der Waals surface area contributed by atoms with E-state index in [9.17, 15) is 18.0 Å². The molecular formula is C17H9ClF3N5OS2. The topological polar surface area (TPSA) is 72.7 Å². The normalized spacial score (nSPS) is 11.6. The van der Waals surface area contributed by atoms with Crippen LogP contribution in [0.3, 0.4) is 0 Å². The Labute approximate surface area is 174 Å². The summed E-state index contributed by atoms with van der Waals surface area (Å²) in [4.78, 5) is 12.5. The molecule has 1 N–H and O–H groups in total. The molecule has 0 saturated heterocycles. The van der Waals surface area contributed by atoms with Crippen molar-refractivity contribution in [1.82, 2.24) is 20.0 Å². The molecule has 6 nitrogen and oxygen atoms in total. The van der Waals surface area contributed by atoms with Gasteiger partial charge in [0.05, 0.1) is 17.4 Å². The zero-order valence-electron chi connectivity index (χ0n) is 14.1. The monoisotopic (exact) mass is 455 g/mol. The highest BCUT2D eigenvalue weighted by Gasteiger charge is 2.40. The third kappa shape index (κ3) is 4.02. The summed E-state index contributed by atoms with van der Waals surface area (Å²) in [6, 6.07) is 7.46. The number of carbonyl (C=O) groups is 1. The van der Waals surface area contributed by atoms with Gasteiger partial charge in [0, 0.05) is 16.0 Å². The van der Waals surface area contributed by atoms with Crippen molar-refractivity contribution in [3.05, 3.63) is 63.6 Å². The quantitative estimate of drug-likeness (QED) is 0.448. The van der Waals surface area contributed by atoms with Crippen molar-refractivity contribution in [2.75, 3.05) is 5.32 Å². The van der Waals surface area contributed by atoms with Crippen LogP contribution in [0.5, 0.6) is 0 Å². The smallest absolute Gasteiger partial charge is 0.296 e. The highest BCUT2D eigenvalue weighted by Crippen LogP contribution is 2.35. The van der Waals surface area contributed by atoms with E-state index in [0.29, 0.717) is 14.7 Å². The number of halogens is 4. The summed E-state index contributed by atoms with van der Waals surface area (Å²) in [5.41, 5.74) is -0.879. The molecule has 1 amide bonds. The van der Waals surface area contributed by atoms with E-state index in [1.54, 1.807) is 0 Å². The van der Waals surface area contributed by atoms with Crippen LogP contribution in [0.1, 0.15) is 16.1 Å². The molecule has 4 rings (SSSR count). The molecular weight excluding hydrogens is 447 g/mol. The number of rotatable bonds is 4. The molecule has 4 aromatic rings. The first-order chi connectivity index (χ1) is 13.8. The van der Waals surface area contributed by atoms with Gasteiger partial charge in [0.15, 0.2) is 5.69 Å². The van der Waals surface area contributed by atoms with Gasteiger partial charge in [-0.05, 0) is 35.7 Å². The summed E-state index contributed by atoms with van der Waals surface area (Å²) in [5, 5.41) is 18.6. The van der Waals surface area contributed by atoms with Crippen molar-refractivity contribution in [2.45, 2.75) is 6.18 Å². The van der Waals surface area contributed by atoms with Crippen LogP contribution >= 0.6 is 34.3 Å². The molecule has 0 unspecified atom stereocenters. The SMILES string of the molecule is O=C(Nc1nnc(-c2ccsc2)s1)c1cnn(-c2ccc(Cl)cc2)c1C(F)(F)F. The van der Waals surface area contributed by atoms with E-state index in [4.69, 9.17) is 11.6 Å². The zero-order valence-corrected chi connectivity index (χ0v) is 16.5. The van der Waals surface area contributed by atoms with Crippen molar-refractivity contribution in [1.29, 1.82) is 0 Å². The first kappa shape index (κ1) is 19.6. The Hall–Kier alpha value is -2.76. The molecule has 1 aromatic carbocycles. The van der Waals surface area contributed by atoms with Crippen LogP contribution in [-0.2, 0) is 6.18 Å². The molecule has 0 aliphatic carbocycles. The number of thiophene rings is 1. The highest BCUT2D eigenvalue weighted by atomic mass is 35.5. The van der Waals surface area contributed by atoms with Crippen LogP contribution in [0, 0.1) is 0 Å². The molecule has 0 spiro atoms. The number of alkyl halides is 3. The molecule has 0 atom stereocenters. The van der Waals surface area contributed by atoms with Gasteiger partial charge >= 0.3 is 6.18 Å². The molecule has 3 aromatic heterocycles. The lowest BCUT2D eigenvalue weighted by Crippen LogP contribution is -2.20. The average molecular weight is 456 g/mol. The molecule has 0 aliphatic rings. The van der Waals surface area contributed by atoms with Crippen LogP contribution in [0.25, 0.3) is 16.3 Å². The van der Waals surface area contributed by atoms with Crippen LogP contribution in [0.4, 0.5) is 18.3 Å². The first-order valence-corrected chi connectivity index (χ1v) is 10.1. The number of aromatic nitrogens is 4. The van der Waals surface area contributed by atoms with E-state index in [0.717, 1.165) is 23.1 Å². The summed E-state index contributed by atoms with van der Waals surface area (Å²) in [5.74, 6) is -0.981. The molecule has 0 saturated carbocycles. The third-order valence-corrected chi connectivity index (χ3v) is 5.59. The van der Waals surface area contributed by atoms with Gasteiger partial charge in [-0.15, -0.1) is 10.2 Å². The minimum atomic E-state index is -4.81. The summed E-state index contributed by atoms with van der Waals surface area (Å²) in [6.45, 7) is 0. The number of carbonyl (C=O) groups excluding carboxylic acids is 1. The first-order valence-electron chi connectivity index (χ1n) is 7.91. The predicted octanol–water partition coefficient (Wildman–Crippen LogP) is 5.38. The van der Waals surface area contributed by atoms with E-state index in [-0.39, 0.29) is 10.8 Å². The van der Waals surface area contributed by atoms with E-state index < -0.39 is 23.3 Å². The van der Waals surface area contributed by atoms with Gasteiger partial charge in [0.2, 0.25) is 5.13 Å². The summed E-state index contributed by atoms with van der Waals surface area (Å²) < 4.78 is 41.8. The standard InChI is InChI=1S/C17H9ClF3N5OS2/c18-10-1-3-11(4-2-10)26-13(17(19,20)21)12(7-22-26)14(27)23-16-25-24-15(29-16)9-5-6-28-8-9/h1-8H,(H,23,25,27). The minimum absolute atomic E-state index is 0.0866. The fourth-order valence-corrected chi connectivity index (χ4v) is 4.08. The minimum Gasteiger partial charge on any atom is -0.296 e. The molecule has 0 aliphatic heterocycles. The Morgan fingerprint density at radius 1 is 1.14 bits per heavy atom. The molecule has 29 heavy (non-hydrogen) atoms. The Morgan fingerprint density at radius 2 is 1.90 bits per heavy atom. The van der Waals surface area contributed by atoms with Crippen molar-refractivity contribution < 1.29 is 18.0 Å². The van der Waals surface area contributed by atoms with Crippen molar-refractivity contribution in [3.8, 4) is 16.3 Å². The lowest BCUT2D eigenvalue weighted by Gasteiger charge is -2.12. The second-order valence-corrected chi connectivity index (χ2v) is 7.87. The Balaban J connectivity index is 1.66. The van der Waals surface area contributed by atoms with Crippen molar-refractivity contribution in [3.63, 3.8) is 0 Å². The van der Waals surface area contributed by atoms with Crippen LogP contribution in [0.2, 0.25) is 5.02 Å². The number of nitrogens with one attached hydrogen (secondary N) is 1. The molecule has 0 radical (unpaired) electrons. The van der Waals surface area contributed by atoms with Crippen LogP contribution < -0.4 is 5.32 Å². The predicted molar refractivity (Wildman–Crippen MR) is 105 cm³/mol. The second kappa shape index (κ2) is 7.58. The lowest BCUT2D eigenvalue weighted by atomic mass is 10.2. The van der Waals surface area contributed by atoms with E-state index in [1.807, 2.05) is 16.8 Å². The number of anilines is 1. The van der Waals surface area contributed by atoms with E-state index >= 15 is 0 Å². The Morgan fingerprint density at radius 3 is 2.55 bits per heavy atom. The molecule has 12 heteroatoms. The number of benzene rings is 1. The Kier molecular flexibility index (Phi) is 5.11. The zero-order chi connectivity index (χ0) is 20.6. The van der Waals surface area contributed by atoms with Crippen molar-refractivity contribution in [2.24, 2.45) is 0 Å². The summed E-state index contributed by atoms with van der Waals surface area (Å²) in [7, 11) is 0. The molecule has 148 valence electrons. The molecule has 0 fully saturated rings.